The highest BCUT2D eigenvalue weighted by Crippen LogP contribution is 2.12. The molecule has 0 saturated heterocycles. The smallest absolute Gasteiger partial charge is 0.338 e. The van der Waals surface area contributed by atoms with Crippen molar-refractivity contribution >= 4 is 21.7 Å². The first-order valence-electron chi connectivity index (χ1n) is 7.74. The first kappa shape index (κ1) is 19.6. The molecule has 0 aromatic heterocycles. The zero-order valence-corrected chi connectivity index (χ0v) is 14.9. The maximum Gasteiger partial charge on any atom is 0.338 e. The average Bonchev–Trinajstić information content (AvgIpc) is 2.61. The Morgan fingerprint density at radius 2 is 1.81 bits per heavy atom. The summed E-state index contributed by atoms with van der Waals surface area (Å²) in [5.74, 6) is -1.60. The average molecular weight is 379 g/mol. The Hall–Kier alpha value is -2.74. The van der Waals surface area contributed by atoms with E-state index in [4.69, 9.17) is 4.74 Å². The molecule has 0 radical (unpaired) electrons. The van der Waals surface area contributed by atoms with Crippen LogP contribution < -0.4 is 5.32 Å². The maximum atomic E-state index is 12.8. The Morgan fingerprint density at radius 3 is 2.46 bits per heavy atom. The fraction of sp³-hybridized carbons (Fsp3) is 0.222. The molecular formula is C18H18FNO5S. The van der Waals surface area contributed by atoms with Gasteiger partial charge in [0, 0.05) is 12.8 Å². The zero-order valence-electron chi connectivity index (χ0n) is 14.1. The SMILES string of the molecule is CS(=O)(=O)c1cccc(C(=O)OCC(=O)NCCc2ccc(F)cc2)c1. The van der Waals surface area contributed by atoms with E-state index >= 15 is 0 Å². The van der Waals surface area contributed by atoms with Crippen molar-refractivity contribution in [3.05, 3.63) is 65.5 Å². The van der Waals surface area contributed by atoms with Crippen LogP contribution in [0.15, 0.2) is 53.4 Å². The first-order valence-corrected chi connectivity index (χ1v) is 9.63. The van der Waals surface area contributed by atoms with Gasteiger partial charge < -0.3 is 10.1 Å². The summed E-state index contributed by atoms with van der Waals surface area (Å²) in [6, 6.07) is 11.3. The van der Waals surface area contributed by atoms with E-state index in [2.05, 4.69) is 5.32 Å². The van der Waals surface area contributed by atoms with E-state index in [1.165, 1.54) is 36.4 Å². The summed E-state index contributed by atoms with van der Waals surface area (Å²) in [5.41, 5.74) is 0.910. The van der Waals surface area contributed by atoms with E-state index in [1.54, 1.807) is 12.1 Å². The summed E-state index contributed by atoms with van der Waals surface area (Å²) in [6.07, 6.45) is 1.54. The lowest BCUT2D eigenvalue weighted by Crippen LogP contribution is -2.30. The second-order valence-corrected chi connectivity index (χ2v) is 7.62. The van der Waals surface area contributed by atoms with Gasteiger partial charge in [-0.15, -0.1) is 0 Å². The van der Waals surface area contributed by atoms with Crippen LogP contribution in [0.2, 0.25) is 0 Å². The number of hydrogen-bond acceptors (Lipinski definition) is 5. The van der Waals surface area contributed by atoms with Gasteiger partial charge in [-0.25, -0.2) is 17.6 Å². The molecule has 138 valence electrons. The van der Waals surface area contributed by atoms with Crippen molar-refractivity contribution in [3.63, 3.8) is 0 Å². The molecule has 2 aromatic rings. The molecule has 0 spiro atoms. The van der Waals surface area contributed by atoms with E-state index in [9.17, 15) is 22.4 Å². The number of esters is 1. The lowest BCUT2D eigenvalue weighted by atomic mass is 10.1. The molecule has 0 atom stereocenters. The number of rotatable bonds is 7. The van der Waals surface area contributed by atoms with Gasteiger partial charge in [0.15, 0.2) is 16.4 Å². The normalized spacial score (nSPS) is 11.0. The van der Waals surface area contributed by atoms with Crippen molar-refractivity contribution in [1.29, 1.82) is 0 Å². The second-order valence-electron chi connectivity index (χ2n) is 5.60. The maximum absolute atomic E-state index is 12.8. The van der Waals surface area contributed by atoms with Crippen molar-refractivity contribution in [2.24, 2.45) is 0 Å². The Kier molecular flexibility index (Phi) is 6.46. The van der Waals surface area contributed by atoms with Crippen molar-refractivity contribution in [2.75, 3.05) is 19.4 Å². The van der Waals surface area contributed by atoms with Crippen molar-refractivity contribution in [3.8, 4) is 0 Å². The minimum absolute atomic E-state index is 0.00398. The van der Waals surface area contributed by atoms with Gasteiger partial charge in [0.25, 0.3) is 5.91 Å². The highest BCUT2D eigenvalue weighted by atomic mass is 32.2. The van der Waals surface area contributed by atoms with Crippen LogP contribution in [0.5, 0.6) is 0 Å². The van der Waals surface area contributed by atoms with E-state index in [-0.39, 0.29) is 16.3 Å². The van der Waals surface area contributed by atoms with Crippen LogP contribution >= 0.6 is 0 Å². The van der Waals surface area contributed by atoms with Gasteiger partial charge in [0.05, 0.1) is 10.5 Å². The highest BCUT2D eigenvalue weighted by molar-refractivity contribution is 7.90. The summed E-state index contributed by atoms with van der Waals surface area (Å²) in [6.45, 7) is -0.170. The van der Waals surface area contributed by atoms with Gasteiger partial charge in [-0.05, 0) is 42.3 Å². The Balaban J connectivity index is 1.80. The molecule has 0 aliphatic heterocycles. The Bertz CT molecular complexity index is 894. The van der Waals surface area contributed by atoms with Gasteiger partial charge in [-0.2, -0.15) is 0 Å². The summed E-state index contributed by atoms with van der Waals surface area (Å²) >= 11 is 0. The molecular weight excluding hydrogens is 361 g/mol. The van der Waals surface area contributed by atoms with Gasteiger partial charge in [-0.1, -0.05) is 18.2 Å². The standard InChI is InChI=1S/C18H18FNO5S/c1-26(23,24)16-4-2-3-14(11-16)18(22)25-12-17(21)20-10-9-13-5-7-15(19)8-6-13/h2-8,11H,9-10,12H2,1H3,(H,20,21). The molecule has 2 rings (SSSR count). The third kappa shape index (κ3) is 5.96. The monoisotopic (exact) mass is 379 g/mol. The molecule has 0 aliphatic carbocycles. The minimum Gasteiger partial charge on any atom is -0.452 e. The predicted octanol–water partition coefficient (Wildman–Crippen LogP) is 1.74. The molecule has 0 saturated carbocycles. The van der Waals surface area contributed by atoms with Crippen LogP contribution in [0.3, 0.4) is 0 Å². The number of amides is 1. The van der Waals surface area contributed by atoms with Crippen LogP contribution in [0.1, 0.15) is 15.9 Å². The van der Waals surface area contributed by atoms with Crippen LogP contribution in [-0.2, 0) is 25.8 Å². The lowest BCUT2D eigenvalue weighted by molar-refractivity contribution is -0.124. The molecule has 1 amide bonds. The first-order chi connectivity index (χ1) is 12.3. The molecule has 0 unspecified atom stereocenters. The molecule has 8 heteroatoms. The minimum atomic E-state index is -3.44. The number of carbonyl (C=O) groups is 2. The molecule has 1 N–H and O–H groups in total. The van der Waals surface area contributed by atoms with Gasteiger partial charge >= 0.3 is 5.97 Å². The number of sulfone groups is 1. The van der Waals surface area contributed by atoms with Crippen molar-refractivity contribution in [2.45, 2.75) is 11.3 Å². The van der Waals surface area contributed by atoms with Crippen LogP contribution in [0, 0.1) is 5.82 Å². The van der Waals surface area contributed by atoms with E-state index in [0.717, 1.165) is 11.8 Å². The number of halogens is 1. The highest BCUT2D eigenvalue weighted by Gasteiger charge is 2.14. The molecule has 0 bridgehead atoms. The number of hydrogen-bond donors (Lipinski definition) is 1. The van der Waals surface area contributed by atoms with Gasteiger partial charge in [0.2, 0.25) is 0 Å². The largest absolute Gasteiger partial charge is 0.452 e. The van der Waals surface area contributed by atoms with E-state index in [0.29, 0.717) is 13.0 Å². The lowest BCUT2D eigenvalue weighted by Gasteiger charge is -2.07. The predicted molar refractivity (Wildman–Crippen MR) is 92.9 cm³/mol. The summed E-state index contributed by atoms with van der Waals surface area (Å²) in [7, 11) is -3.44. The van der Waals surface area contributed by atoms with Crippen LogP contribution in [0.25, 0.3) is 0 Å². The summed E-state index contributed by atoms with van der Waals surface area (Å²) < 4.78 is 40.7. The second kappa shape index (κ2) is 8.57. The molecule has 26 heavy (non-hydrogen) atoms. The number of ether oxygens (including phenoxy) is 1. The Morgan fingerprint density at radius 1 is 1.12 bits per heavy atom. The summed E-state index contributed by atoms with van der Waals surface area (Å²) in [4.78, 5) is 23.6. The third-order valence-corrected chi connectivity index (χ3v) is 4.59. The van der Waals surface area contributed by atoms with E-state index < -0.39 is 28.3 Å². The van der Waals surface area contributed by atoms with Crippen LogP contribution in [-0.4, -0.2) is 39.7 Å². The van der Waals surface area contributed by atoms with E-state index in [1.807, 2.05) is 0 Å². The van der Waals surface area contributed by atoms with Crippen molar-refractivity contribution < 1.29 is 27.1 Å². The zero-order chi connectivity index (χ0) is 19.2. The fourth-order valence-corrected chi connectivity index (χ4v) is 2.78. The quantitative estimate of drug-likeness (QED) is 0.741. The van der Waals surface area contributed by atoms with Gasteiger partial charge in [-0.3, -0.25) is 4.79 Å². The molecule has 0 aliphatic rings. The number of carbonyl (C=O) groups excluding carboxylic acids is 2. The molecule has 0 fully saturated rings. The topological polar surface area (TPSA) is 89.5 Å². The third-order valence-electron chi connectivity index (χ3n) is 3.48. The van der Waals surface area contributed by atoms with Crippen molar-refractivity contribution in [1.82, 2.24) is 5.32 Å². The van der Waals surface area contributed by atoms with Gasteiger partial charge in [0.1, 0.15) is 5.82 Å². The Labute approximate surface area is 150 Å². The number of nitrogens with one attached hydrogen (secondary N) is 1. The molecule has 6 nitrogen and oxygen atoms in total. The fourth-order valence-electron chi connectivity index (χ4n) is 2.12. The molecule has 2 aromatic carbocycles. The summed E-state index contributed by atoms with van der Waals surface area (Å²) in [5, 5.41) is 2.58. The van der Waals surface area contributed by atoms with Crippen LogP contribution in [0.4, 0.5) is 4.39 Å². The number of benzene rings is 2. The molecule has 0 heterocycles.